The Labute approximate surface area is 217 Å². The number of aryl methyl sites for hydroxylation is 1. The van der Waals surface area contributed by atoms with E-state index in [-0.39, 0.29) is 11.2 Å². The summed E-state index contributed by atoms with van der Waals surface area (Å²) < 4.78 is 1.84. The fourth-order valence-corrected chi connectivity index (χ4v) is 7.63. The summed E-state index contributed by atoms with van der Waals surface area (Å²) in [7, 11) is 0. The maximum absolute atomic E-state index is 13.8. The summed E-state index contributed by atoms with van der Waals surface area (Å²) in [6, 6.07) is 25.2. The van der Waals surface area contributed by atoms with Crippen molar-refractivity contribution in [3.8, 4) is 17.2 Å². The van der Waals surface area contributed by atoms with Crippen molar-refractivity contribution in [1.29, 1.82) is 5.26 Å². The van der Waals surface area contributed by atoms with Crippen molar-refractivity contribution in [3.05, 3.63) is 89.7 Å². The van der Waals surface area contributed by atoms with E-state index in [1.54, 1.807) is 0 Å². The van der Waals surface area contributed by atoms with Crippen LogP contribution < -0.4 is 5.32 Å². The number of Topliss-reactive ketones (excluding diaryl/α,β-unsaturated/α-hetero) is 1. The van der Waals surface area contributed by atoms with Crippen LogP contribution in [0.3, 0.4) is 0 Å². The molecule has 4 aromatic rings. The number of benzene rings is 2. The second-order valence-corrected chi connectivity index (χ2v) is 11.4. The Hall–Kier alpha value is -3.91. The van der Waals surface area contributed by atoms with Gasteiger partial charge in [0.25, 0.3) is 0 Å². The van der Waals surface area contributed by atoms with Gasteiger partial charge in [0.15, 0.2) is 5.78 Å². The highest BCUT2D eigenvalue weighted by Gasteiger charge is 2.69. The summed E-state index contributed by atoms with van der Waals surface area (Å²) >= 11 is 0. The van der Waals surface area contributed by atoms with Gasteiger partial charge >= 0.3 is 0 Å². The number of hydrogen-bond acceptors (Lipinski definition) is 4. The molecule has 0 radical (unpaired) electrons. The topological polar surface area (TPSA) is 70.2 Å². The van der Waals surface area contributed by atoms with Gasteiger partial charge in [-0.1, -0.05) is 36.4 Å². The number of nitriles is 1. The summed E-state index contributed by atoms with van der Waals surface area (Å²) in [5.41, 5.74) is 6.45. The third-order valence-corrected chi connectivity index (χ3v) is 9.36. The lowest BCUT2D eigenvalue weighted by atomic mass is 9.36. The molecule has 37 heavy (non-hydrogen) atoms. The van der Waals surface area contributed by atoms with E-state index >= 15 is 0 Å². The van der Waals surface area contributed by atoms with Crippen LogP contribution in [0.25, 0.3) is 16.6 Å². The molecule has 5 heteroatoms. The Morgan fingerprint density at radius 1 is 1.03 bits per heavy atom. The molecular formula is C32H30N4O. The molecule has 5 atom stereocenters. The van der Waals surface area contributed by atoms with E-state index in [1.807, 2.05) is 54.0 Å². The molecule has 3 fully saturated rings. The molecule has 7 rings (SSSR count). The van der Waals surface area contributed by atoms with Crippen LogP contribution >= 0.6 is 0 Å². The van der Waals surface area contributed by atoms with Crippen LogP contribution in [0.1, 0.15) is 53.7 Å². The molecule has 2 aromatic carbocycles. The third kappa shape index (κ3) is 3.50. The zero-order valence-corrected chi connectivity index (χ0v) is 21.0. The molecule has 3 saturated carbocycles. The van der Waals surface area contributed by atoms with Gasteiger partial charge in [-0.25, -0.2) is 4.52 Å². The van der Waals surface area contributed by atoms with Crippen molar-refractivity contribution in [3.63, 3.8) is 0 Å². The Balaban J connectivity index is 1.08. The summed E-state index contributed by atoms with van der Waals surface area (Å²) in [6.45, 7) is 1.97. The lowest BCUT2D eigenvalue weighted by Gasteiger charge is -2.66. The van der Waals surface area contributed by atoms with Gasteiger partial charge in [-0.05, 0) is 104 Å². The number of nitrogens with zero attached hydrogens (tertiary/aromatic N) is 3. The number of carbonyl (C=O) groups is 1. The van der Waals surface area contributed by atoms with Crippen LogP contribution in [-0.4, -0.2) is 21.4 Å². The van der Waals surface area contributed by atoms with Crippen molar-refractivity contribution in [1.82, 2.24) is 9.61 Å². The number of fused-ring (bicyclic) bond motifs is 1. The lowest BCUT2D eigenvalue weighted by molar-refractivity contribution is -0.148. The van der Waals surface area contributed by atoms with E-state index in [9.17, 15) is 10.1 Å². The highest BCUT2D eigenvalue weighted by atomic mass is 16.1. The van der Waals surface area contributed by atoms with Crippen LogP contribution in [0, 0.1) is 41.4 Å². The van der Waals surface area contributed by atoms with Crippen LogP contribution in [0.2, 0.25) is 0 Å². The van der Waals surface area contributed by atoms with E-state index in [0.717, 1.165) is 65.6 Å². The molecule has 3 aliphatic rings. The minimum atomic E-state index is -0.206. The molecule has 2 aromatic heterocycles. The van der Waals surface area contributed by atoms with E-state index in [0.29, 0.717) is 29.5 Å². The van der Waals surface area contributed by atoms with E-state index in [4.69, 9.17) is 5.10 Å². The Morgan fingerprint density at radius 3 is 2.70 bits per heavy atom. The number of pyridine rings is 1. The van der Waals surface area contributed by atoms with Gasteiger partial charge in [0.1, 0.15) is 5.69 Å². The molecular weight excluding hydrogens is 456 g/mol. The van der Waals surface area contributed by atoms with E-state index in [2.05, 4.69) is 41.7 Å². The molecule has 3 aliphatic carbocycles. The minimum Gasteiger partial charge on any atom is -0.382 e. The molecule has 2 heterocycles. The summed E-state index contributed by atoms with van der Waals surface area (Å²) in [5, 5.41) is 17.8. The van der Waals surface area contributed by atoms with Gasteiger partial charge in [-0.3, -0.25) is 4.79 Å². The largest absolute Gasteiger partial charge is 0.382 e. The van der Waals surface area contributed by atoms with Crippen LogP contribution in [0.4, 0.5) is 5.69 Å². The van der Waals surface area contributed by atoms with Crippen LogP contribution in [0.15, 0.2) is 72.9 Å². The number of carbonyl (C=O) groups excluding carboxylic acids is 1. The van der Waals surface area contributed by atoms with Gasteiger partial charge in [-0.15, -0.1) is 0 Å². The molecule has 184 valence electrons. The lowest BCUT2D eigenvalue weighted by Crippen LogP contribution is -2.64. The van der Waals surface area contributed by atoms with E-state index in [1.165, 1.54) is 0 Å². The fraction of sp³-hybridized carbons (Fsp3) is 0.344. The second-order valence-electron chi connectivity index (χ2n) is 11.4. The molecule has 5 nitrogen and oxygen atoms in total. The first-order valence-electron chi connectivity index (χ1n) is 13.4. The van der Waals surface area contributed by atoms with Gasteiger partial charge in [0.2, 0.25) is 0 Å². The highest BCUT2D eigenvalue weighted by Crippen LogP contribution is 2.71. The standard InChI is InChI=1S/C32H30N4O/c1-20-7-9-26(14-25(20)19-33)34-27-10-8-23-17-32(18-24(13-27)30(23)32)31(37)29-16-28-15-22(11-12-36(28)35-29)21-5-3-2-4-6-21/h2-7,9,11-12,14-16,23-24,27,30,34H,8,10,13,17-18H2,1H3/t23-,24-,27-,30?,32?/m1/s1. The maximum atomic E-state index is 13.8. The Bertz CT molecular complexity index is 1560. The average Bonchev–Trinajstić information content (AvgIpc) is 3.32. The van der Waals surface area contributed by atoms with Gasteiger partial charge in [0.05, 0.1) is 17.1 Å². The zero-order chi connectivity index (χ0) is 25.1. The van der Waals surface area contributed by atoms with Gasteiger partial charge in [0, 0.05) is 23.3 Å². The fourth-order valence-electron chi connectivity index (χ4n) is 7.63. The quantitative estimate of drug-likeness (QED) is 0.320. The van der Waals surface area contributed by atoms with Crippen molar-refractivity contribution >= 4 is 17.0 Å². The SMILES string of the molecule is Cc1ccc(N[C@@H]2CC[C@@H]3CC4(C(=O)c5cc6cc(-c7ccccc7)ccn6n5)C[C@@H](C2)C34)cc1C#N. The number of ketones is 1. The molecule has 0 bridgehead atoms. The molecule has 0 spiro atoms. The molecule has 0 amide bonds. The number of nitrogens with one attached hydrogen (secondary N) is 1. The zero-order valence-electron chi connectivity index (χ0n) is 21.0. The van der Waals surface area contributed by atoms with E-state index < -0.39 is 0 Å². The van der Waals surface area contributed by atoms with Crippen molar-refractivity contribution in [2.24, 2.45) is 23.2 Å². The number of rotatable bonds is 5. The summed E-state index contributed by atoms with van der Waals surface area (Å²) in [4.78, 5) is 13.8. The Kier molecular flexibility index (Phi) is 5.01. The van der Waals surface area contributed by atoms with Gasteiger partial charge < -0.3 is 5.32 Å². The smallest absolute Gasteiger partial charge is 0.189 e. The Morgan fingerprint density at radius 2 is 1.86 bits per heavy atom. The predicted molar refractivity (Wildman–Crippen MR) is 144 cm³/mol. The maximum Gasteiger partial charge on any atom is 0.189 e. The number of anilines is 1. The normalized spacial score (nSPS) is 27.8. The molecule has 0 aliphatic heterocycles. The first-order chi connectivity index (χ1) is 18.0. The summed E-state index contributed by atoms with van der Waals surface area (Å²) in [5.74, 6) is 1.97. The first kappa shape index (κ1) is 22.3. The second kappa shape index (κ2) is 8.31. The minimum absolute atomic E-state index is 0.206. The number of hydrogen-bond donors (Lipinski definition) is 1. The van der Waals surface area contributed by atoms with Crippen molar-refractivity contribution in [2.45, 2.75) is 45.1 Å². The average molecular weight is 487 g/mol. The first-order valence-corrected chi connectivity index (χ1v) is 13.4. The molecule has 1 N–H and O–H groups in total. The third-order valence-electron chi connectivity index (χ3n) is 9.36. The number of aromatic nitrogens is 2. The van der Waals surface area contributed by atoms with Crippen LogP contribution in [0.5, 0.6) is 0 Å². The highest BCUT2D eigenvalue weighted by molar-refractivity contribution is 6.01. The van der Waals surface area contributed by atoms with Crippen LogP contribution in [-0.2, 0) is 0 Å². The predicted octanol–water partition coefficient (Wildman–Crippen LogP) is 6.67. The van der Waals surface area contributed by atoms with Crippen molar-refractivity contribution in [2.75, 3.05) is 5.32 Å². The van der Waals surface area contributed by atoms with Crippen molar-refractivity contribution < 1.29 is 4.79 Å². The molecule has 2 unspecified atom stereocenters. The molecule has 0 saturated heterocycles. The monoisotopic (exact) mass is 486 g/mol. The van der Waals surface area contributed by atoms with Gasteiger partial charge in [-0.2, -0.15) is 10.4 Å². The summed E-state index contributed by atoms with van der Waals surface area (Å²) in [6.07, 6.45) is 7.32.